The molecule has 4 nitrogen and oxygen atoms in total. The molecule has 4 rings (SSSR count). The molecule has 2 aliphatic rings. The Kier molecular flexibility index (Phi) is 3.57. The number of thiophene rings is 1. The van der Waals surface area contributed by atoms with E-state index in [1.54, 1.807) is 17.6 Å². The Morgan fingerprint density at radius 1 is 1.38 bits per heavy atom. The maximum Gasteiger partial charge on any atom is 0.236 e. The standard InChI is InChI=1S/C16H21N3OS/c17-14-4-1-3-11-7-19(9-13(11)14)8-12-10-20-16(18-12)15-5-2-6-21-15/h2,5-6,10-11,13-14H,1,3-4,7-9,17H2. The Bertz CT molecular complexity index is 594. The molecule has 2 N–H and O–H groups in total. The lowest BCUT2D eigenvalue weighted by molar-refractivity contribution is 0.259. The van der Waals surface area contributed by atoms with Crippen molar-refractivity contribution in [1.82, 2.24) is 9.88 Å². The van der Waals surface area contributed by atoms with Crippen LogP contribution in [0.1, 0.15) is 25.0 Å². The molecule has 3 heterocycles. The molecule has 0 radical (unpaired) electrons. The molecular weight excluding hydrogens is 282 g/mol. The number of nitrogens with two attached hydrogens (primary N) is 1. The minimum Gasteiger partial charge on any atom is -0.444 e. The molecule has 5 heteroatoms. The normalized spacial score (nSPS) is 29.7. The van der Waals surface area contributed by atoms with E-state index in [9.17, 15) is 0 Å². The first-order chi connectivity index (χ1) is 10.3. The Hall–Kier alpha value is -1.17. The lowest BCUT2D eigenvalue weighted by Gasteiger charge is -2.29. The average molecular weight is 303 g/mol. The molecule has 3 unspecified atom stereocenters. The Morgan fingerprint density at radius 3 is 3.14 bits per heavy atom. The number of aromatic nitrogens is 1. The smallest absolute Gasteiger partial charge is 0.236 e. The highest BCUT2D eigenvalue weighted by molar-refractivity contribution is 7.13. The lowest BCUT2D eigenvalue weighted by Crippen LogP contribution is -2.38. The minimum atomic E-state index is 0.396. The van der Waals surface area contributed by atoms with E-state index < -0.39 is 0 Å². The van der Waals surface area contributed by atoms with Gasteiger partial charge in [-0.25, -0.2) is 4.98 Å². The summed E-state index contributed by atoms with van der Waals surface area (Å²) in [5, 5.41) is 2.05. The van der Waals surface area contributed by atoms with Crippen LogP contribution in [0.3, 0.4) is 0 Å². The van der Waals surface area contributed by atoms with Crippen molar-refractivity contribution in [2.45, 2.75) is 31.8 Å². The van der Waals surface area contributed by atoms with Gasteiger partial charge in [0.25, 0.3) is 0 Å². The fourth-order valence-electron chi connectivity index (χ4n) is 3.86. The summed E-state index contributed by atoms with van der Waals surface area (Å²) in [6, 6.07) is 4.47. The zero-order chi connectivity index (χ0) is 14.2. The van der Waals surface area contributed by atoms with Gasteiger partial charge in [-0.1, -0.05) is 12.5 Å². The van der Waals surface area contributed by atoms with Crippen molar-refractivity contribution in [2.75, 3.05) is 13.1 Å². The number of oxazole rings is 1. The molecule has 1 aliphatic carbocycles. The van der Waals surface area contributed by atoms with Gasteiger partial charge in [0.1, 0.15) is 6.26 Å². The quantitative estimate of drug-likeness (QED) is 0.947. The van der Waals surface area contributed by atoms with Crippen LogP contribution in [-0.4, -0.2) is 29.0 Å². The number of fused-ring (bicyclic) bond motifs is 1. The van der Waals surface area contributed by atoms with Gasteiger partial charge in [-0.15, -0.1) is 11.3 Å². The molecule has 0 spiro atoms. The first-order valence-corrected chi connectivity index (χ1v) is 8.64. The highest BCUT2D eigenvalue weighted by Gasteiger charge is 2.38. The van der Waals surface area contributed by atoms with E-state index in [-0.39, 0.29) is 0 Å². The van der Waals surface area contributed by atoms with Crippen LogP contribution in [0.4, 0.5) is 0 Å². The number of hydrogen-bond donors (Lipinski definition) is 1. The number of hydrogen-bond acceptors (Lipinski definition) is 5. The second-order valence-electron chi connectivity index (χ2n) is 6.33. The van der Waals surface area contributed by atoms with E-state index >= 15 is 0 Å². The van der Waals surface area contributed by atoms with Crippen LogP contribution >= 0.6 is 11.3 Å². The maximum absolute atomic E-state index is 6.28. The first kappa shape index (κ1) is 13.5. The molecule has 0 aromatic carbocycles. The Balaban J connectivity index is 1.43. The van der Waals surface area contributed by atoms with Crippen LogP contribution in [0.5, 0.6) is 0 Å². The van der Waals surface area contributed by atoms with Gasteiger partial charge in [-0.3, -0.25) is 4.90 Å². The molecule has 0 bridgehead atoms. The lowest BCUT2D eigenvalue weighted by atomic mass is 9.78. The van der Waals surface area contributed by atoms with Crippen LogP contribution in [0.2, 0.25) is 0 Å². The largest absolute Gasteiger partial charge is 0.444 e. The summed E-state index contributed by atoms with van der Waals surface area (Å²) in [4.78, 5) is 8.22. The van der Waals surface area contributed by atoms with Crippen LogP contribution in [0, 0.1) is 11.8 Å². The van der Waals surface area contributed by atoms with Crippen LogP contribution in [0.25, 0.3) is 10.8 Å². The van der Waals surface area contributed by atoms with E-state index in [1.165, 1.54) is 25.8 Å². The predicted molar refractivity (Wildman–Crippen MR) is 83.9 cm³/mol. The third-order valence-electron chi connectivity index (χ3n) is 4.90. The van der Waals surface area contributed by atoms with Crippen molar-refractivity contribution in [3.8, 4) is 10.8 Å². The van der Waals surface area contributed by atoms with Crippen LogP contribution in [0.15, 0.2) is 28.2 Å². The van der Waals surface area contributed by atoms with Crippen LogP contribution < -0.4 is 5.73 Å². The topological polar surface area (TPSA) is 55.3 Å². The van der Waals surface area contributed by atoms with E-state index in [1.807, 2.05) is 17.5 Å². The zero-order valence-corrected chi connectivity index (χ0v) is 12.9. The van der Waals surface area contributed by atoms with E-state index in [2.05, 4.69) is 9.88 Å². The SMILES string of the molecule is NC1CCCC2CN(Cc3coc(-c4cccs4)n3)CC12. The van der Waals surface area contributed by atoms with Gasteiger partial charge in [0.05, 0.1) is 10.6 Å². The molecule has 0 amide bonds. The van der Waals surface area contributed by atoms with Gasteiger partial charge < -0.3 is 10.2 Å². The summed E-state index contributed by atoms with van der Waals surface area (Å²) in [6.45, 7) is 3.17. The molecule has 3 atom stereocenters. The average Bonchev–Trinajstić information content (AvgIpc) is 3.18. The van der Waals surface area contributed by atoms with Gasteiger partial charge in [0.2, 0.25) is 5.89 Å². The molecule has 2 aromatic rings. The summed E-state index contributed by atoms with van der Waals surface area (Å²) in [5.41, 5.74) is 7.32. The van der Waals surface area contributed by atoms with Crippen molar-refractivity contribution in [2.24, 2.45) is 17.6 Å². The van der Waals surface area contributed by atoms with Crippen LogP contribution in [-0.2, 0) is 6.54 Å². The number of likely N-dealkylation sites (tertiary alicyclic amines) is 1. The number of nitrogens with zero attached hydrogens (tertiary/aromatic N) is 2. The fourth-order valence-corrected chi connectivity index (χ4v) is 4.52. The van der Waals surface area contributed by atoms with Gasteiger partial charge in [0, 0.05) is 25.7 Å². The third-order valence-corrected chi connectivity index (χ3v) is 5.76. The highest BCUT2D eigenvalue weighted by atomic mass is 32.1. The Morgan fingerprint density at radius 2 is 2.33 bits per heavy atom. The predicted octanol–water partition coefficient (Wildman–Crippen LogP) is 2.96. The van der Waals surface area contributed by atoms with E-state index in [4.69, 9.17) is 10.2 Å². The van der Waals surface area contributed by atoms with E-state index in [0.717, 1.165) is 35.5 Å². The van der Waals surface area contributed by atoms with Crippen molar-refractivity contribution >= 4 is 11.3 Å². The second kappa shape index (κ2) is 5.55. The molecular formula is C16H21N3OS. The summed E-state index contributed by atoms with van der Waals surface area (Å²) in [5.74, 6) is 2.22. The van der Waals surface area contributed by atoms with Gasteiger partial charge in [-0.2, -0.15) is 0 Å². The van der Waals surface area contributed by atoms with Gasteiger partial charge >= 0.3 is 0 Å². The van der Waals surface area contributed by atoms with Gasteiger partial charge in [-0.05, 0) is 36.1 Å². The molecule has 21 heavy (non-hydrogen) atoms. The second-order valence-corrected chi connectivity index (χ2v) is 7.28. The number of rotatable bonds is 3. The summed E-state index contributed by atoms with van der Waals surface area (Å²) in [7, 11) is 0. The first-order valence-electron chi connectivity index (χ1n) is 7.76. The summed E-state index contributed by atoms with van der Waals surface area (Å²) in [6.07, 6.45) is 5.63. The van der Waals surface area contributed by atoms with Crippen molar-refractivity contribution in [1.29, 1.82) is 0 Å². The summed E-state index contributed by atoms with van der Waals surface area (Å²) >= 11 is 1.66. The van der Waals surface area contributed by atoms with Gasteiger partial charge in [0.15, 0.2) is 0 Å². The molecule has 1 saturated carbocycles. The maximum atomic E-state index is 6.28. The summed E-state index contributed by atoms with van der Waals surface area (Å²) < 4.78 is 5.61. The van der Waals surface area contributed by atoms with E-state index in [0.29, 0.717) is 12.0 Å². The zero-order valence-electron chi connectivity index (χ0n) is 12.1. The van der Waals surface area contributed by atoms with Crippen molar-refractivity contribution in [3.63, 3.8) is 0 Å². The molecule has 1 saturated heterocycles. The molecule has 2 aromatic heterocycles. The monoisotopic (exact) mass is 303 g/mol. The third kappa shape index (κ3) is 2.65. The minimum absolute atomic E-state index is 0.396. The Labute approximate surface area is 129 Å². The van der Waals surface area contributed by atoms with Crippen molar-refractivity contribution < 1.29 is 4.42 Å². The fraction of sp³-hybridized carbons (Fsp3) is 0.562. The molecule has 112 valence electrons. The van der Waals surface area contributed by atoms with Crippen molar-refractivity contribution in [3.05, 3.63) is 29.5 Å². The molecule has 2 fully saturated rings. The molecule has 1 aliphatic heterocycles. The highest BCUT2D eigenvalue weighted by Crippen LogP contribution is 2.36.